The van der Waals surface area contributed by atoms with Crippen LogP contribution in [0, 0.1) is 0 Å². The molecular formula is C18H19NO2. The second kappa shape index (κ2) is 6.10. The molecule has 1 heterocycles. The Kier molecular flexibility index (Phi) is 4.02. The first kappa shape index (κ1) is 13.8. The van der Waals surface area contributed by atoms with Gasteiger partial charge in [-0.3, -0.25) is 4.90 Å². The third kappa shape index (κ3) is 3.14. The molecule has 0 unspecified atom stereocenters. The number of nitrogens with zero attached hydrogens (tertiary/aromatic N) is 1. The van der Waals surface area contributed by atoms with E-state index in [0.29, 0.717) is 5.56 Å². The Morgan fingerprint density at radius 3 is 2.33 bits per heavy atom. The minimum atomic E-state index is -0.883. The maximum absolute atomic E-state index is 11.3. The van der Waals surface area contributed by atoms with Gasteiger partial charge in [-0.25, -0.2) is 4.79 Å². The first-order chi connectivity index (χ1) is 10.2. The lowest BCUT2D eigenvalue weighted by molar-refractivity contribution is 0.0697. The summed E-state index contributed by atoms with van der Waals surface area (Å²) in [5.74, 6) is -0.883. The summed E-state index contributed by atoms with van der Waals surface area (Å²) < 4.78 is 0. The van der Waals surface area contributed by atoms with Crippen LogP contribution in [0.1, 0.15) is 28.8 Å². The van der Waals surface area contributed by atoms with Gasteiger partial charge in [-0.05, 0) is 48.7 Å². The van der Waals surface area contributed by atoms with Crippen molar-refractivity contribution in [2.75, 3.05) is 13.1 Å². The third-order valence-corrected chi connectivity index (χ3v) is 4.03. The molecule has 3 nitrogen and oxygen atoms in total. The minimum Gasteiger partial charge on any atom is -0.478 e. The van der Waals surface area contributed by atoms with E-state index in [1.165, 1.54) is 31.5 Å². The molecule has 0 aliphatic carbocycles. The van der Waals surface area contributed by atoms with E-state index in [2.05, 4.69) is 17.0 Å². The van der Waals surface area contributed by atoms with Crippen molar-refractivity contribution < 1.29 is 9.90 Å². The molecular weight excluding hydrogens is 262 g/mol. The Labute approximate surface area is 124 Å². The summed E-state index contributed by atoms with van der Waals surface area (Å²) in [6.45, 7) is 3.36. The van der Waals surface area contributed by atoms with E-state index in [9.17, 15) is 9.90 Å². The van der Waals surface area contributed by atoms with Gasteiger partial charge >= 0.3 is 5.97 Å². The normalized spacial score (nSPS) is 15.2. The number of carboxylic acid groups (broad SMARTS) is 1. The highest BCUT2D eigenvalue weighted by Gasteiger charge is 2.13. The lowest BCUT2D eigenvalue weighted by Crippen LogP contribution is -2.18. The molecule has 1 aliphatic heterocycles. The van der Waals surface area contributed by atoms with Crippen LogP contribution in [0.4, 0.5) is 0 Å². The predicted molar refractivity (Wildman–Crippen MR) is 83.3 cm³/mol. The lowest BCUT2D eigenvalue weighted by atomic mass is 9.99. The summed E-state index contributed by atoms with van der Waals surface area (Å²) >= 11 is 0. The highest BCUT2D eigenvalue weighted by molar-refractivity contribution is 5.95. The molecule has 108 valence electrons. The first-order valence-corrected chi connectivity index (χ1v) is 7.38. The van der Waals surface area contributed by atoms with Crippen LogP contribution in [0.2, 0.25) is 0 Å². The Balaban J connectivity index is 1.82. The summed E-state index contributed by atoms with van der Waals surface area (Å²) in [5, 5.41) is 9.26. The number of hydrogen-bond acceptors (Lipinski definition) is 2. The van der Waals surface area contributed by atoms with Crippen molar-refractivity contribution in [3.05, 3.63) is 59.7 Å². The van der Waals surface area contributed by atoms with Gasteiger partial charge in [-0.2, -0.15) is 0 Å². The molecule has 2 aromatic rings. The van der Waals surface area contributed by atoms with Crippen molar-refractivity contribution in [1.82, 2.24) is 4.90 Å². The summed E-state index contributed by atoms with van der Waals surface area (Å²) in [5.41, 5.74) is 3.37. The number of hydrogen-bond donors (Lipinski definition) is 1. The summed E-state index contributed by atoms with van der Waals surface area (Å²) in [6.07, 6.45) is 2.59. The molecule has 0 aromatic heterocycles. The van der Waals surface area contributed by atoms with Crippen LogP contribution >= 0.6 is 0 Å². The van der Waals surface area contributed by atoms with E-state index in [1.807, 2.05) is 24.3 Å². The largest absolute Gasteiger partial charge is 0.478 e. The topological polar surface area (TPSA) is 40.5 Å². The second-order valence-corrected chi connectivity index (χ2v) is 5.53. The van der Waals surface area contributed by atoms with Crippen LogP contribution in [0.25, 0.3) is 11.1 Å². The van der Waals surface area contributed by atoms with Crippen molar-refractivity contribution in [2.24, 2.45) is 0 Å². The average Bonchev–Trinajstić information content (AvgIpc) is 3.01. The number of carboxylic acids is 1. The zero-order valence-electron chi connectivity index (χ0n) is 12.0. The Hall–Kier alpha value is -2.13. The van der Waals surface area contributed by atoms with E-state index in [0.717, 1.165) is 17.7 Å². The maximum atomic E-state index is 11.3. The van der Waals surface area contributed by atoms with Gasteiger partial charge in [0.05, 0.1) is 5.56 Å². The molecule has 0 atom stereocenters. The third-order valence-electron chi connectivity index (χ3n) is 4.03. The molecule has 3 rings (SSSR count). The lowest BCUT2D eigenvalue weighted by Gasteiger charge is -2.15. The van der Waals surface area contributed by atoms with Gasteiger partial charge < -0.3 is 5.11 Å². The number of aromatic carboxylic acids is 1. The highest BCUT2D eigenvalue weighted by Crippen LogP contribution is 2.24. The fourth-order valence-electron chi connectivity index (χ4n) is 2.91. The number of rotatable bonds is 4. The standard InChI is InChI=1S/C18H19NO2/c20-18(21)17-6-2-1-5-16(17)15-9-7-14(8-10-15)13-19-11-3-4-12-19/h1-2,5-10H,3-4,11-13H2,(H,20,21). The second-order valence-electron chi connectivity index (χ2n) is 5.53. The van der Waals surface area contributed by atoms with Crippen molar-refractivity contribution in [3.8, 4) is 11.1 Å². The molecule has 1 N–H and O–H groups in total. The molecule has 3 heteroatoms. The van der Waals surface area contributed by atoms with Crippen molar-refractivity contribution in [2.45, 2.75) is 19.4 Å². The smallest absolute Gasteiger partial charge is 0.336 e. The van der Waals surface area contributed by atoms with E-state index < -0.39 is 5.97 Å². The Bertz CT molecular complexity index is 628. The molecule has 1 aliphatic rings. The quantitative estimate of drug-likeness (QED) is 0.930. The van der Waals surface area contributed by atoms with Gasteiger partial charge in [0.2, 0.25) is 0 Å². The van der Waals surface area contributed by atoms with Gasteiger partial charge in [0.1, 0.15) is 0 Å². The number of carbonyl (C=O) groups is 1. The van der Waals surface area contributed by atoms with Crippen LogP contribution in [0.15, 0.2) is 48.5 Å². The molecule has 2 aromatic carbocycles. The zero-order valence-corrected chi connectivity index (χ0v) is 12.0. The fourth-order valence-corrected chi connectivity index (χ4v) is 2.91. The maximum Gasteiger partial charge on any atom is 0.336 e. The zero-order chi connectivity index (χ0) is 14.7. The van der Waals surface area contributed by atoms with E-state index in [1.54, 1.807) is 12.1 Å². The summed E-state index contributed by atoms with van der Waals surface area (Å²) in [6, 6.07) is 15.4. The predicted octanol–water partition coefficient (Wildman–Crippen LogP) is 3.65. The molecule has 0 radical (unpaired) electrons. The molecule has 0 bridgehead atoms. The summed E-state index contributed by atoms with van der Waals surface area (Å²) in [4.78, 5) is 13.7. The van der Waals surface area contributed by atoms with Crippen LogP contribution in [0.5, 0.6) is 0 Å². The van der Waals surface area contributed by atoms with Crippen molar-refractivity contribution >= 4 is 5.97 Å². The van der Waals surface area contributed by atoms with E-state index in [-0.39, 0.29) is 0 Å². The molecule has 1 fully saturated rings. The monoisotopic (exact) mass is 281 g/mol. The van der Waals surface area contributed by atoms with Gasteiger partial charge in [0.25, 0.3) is 0 Å². The van der Waals surface area contributed by atoms with Crippen LogP contribution in [-0.2, 0) is 6.54 Å². The highest BCUT2D eigenvalue weighted by atomic mass is 16.4. The Morgan fingerprint density at radius 2 is 1.67 bits per heavy atom. The summed E-state index contributed by atoms with van der Waals surface area (Å²) in [7, 11) is 0. The molecule has 21 heavy (non-hydrogen) atoms. The SMILES string of the molecule is O=C(O)c1ccccc1-c1ccc(CN2CCCC2)cc1. The van der Waals surface area contributed by atoms with Gasteiger partial charge in [-0.1, -0.05) is 42.5 Å². The molecule has 0 amide bonds. The van der Waals surface area contributed by atoms with E-state index >= 15 is 0 Å². The van der Waals surface area contributed by atoms with Crippen LogP contribution < -0.4 is 0 Å². The minimum absolute atomic E-state index is 0.352. The average molecular weight is 281 g/mol. The Morgan fingerprint density at radius 1 is 1.00 bits per heavy atom. The van der Waals surface area contributed by atoms with Crippen molar-refractivity contribution in [1.29, 1.82) is 0 Å². The molecule has 0 spiro atoms. The van der Waals surface area contributed by atoms with Crippen molar-refractivity contribution in [3.63, 3.8) is 0 Å². The van der Waals surface area contributed by atoms with Crippen LogP contribution in [0.3, 0.4) is 0 Å². The van der Waals surface area contributed by atoms with Crippen LogP contribution in [-0.4, -0.2) is 29.1 Å². The van der Waals surface area contributed by atoms with Gasteiger partial charge in [0.15, 0.2) is 0 Å². The fraction of sp³-hybridized carbons (Fsp3) is 0.278. The molecule has 0 saturated carbocycles. The van der Waals surface area contributed by atoms with Gasteiger partial charge in [0, 0.05) is 6.54 Å². The number of benzene rings is 2. The van der Waals surface area contributed by atoms with Gasteiger partial charge in [-0.15, -0.1) is 0 Å². The molecule has 1 saturated heterocycles. The number of likely N-dealkylation sites (tertiary alicyclic amines) is 1. The first-order valence-electron chi connectivity index (χ1n) is 7.38. The van der Waals surface area contributed by atoms with E-state index in [4.69, 9.17) is 0 Å².